The Balaban J connectivity index is 2.48. The van der Waals surface area contributed by atoms with Crippen molar-refractivity contribution in [3.8, 4) is 0 Å². The molecule has 0 unspecified atom stereocenters. The number of carbonyl (C=O) groups excluding carboxylic acids is 1. The highest BCUT2D eigenvalue weighted by atomic mass is 16.2. The van der Waals surface area contributed by atoms with Crippen LogP contribution in [0.15, 0.2) is 25.8 Å². The number of fused-ring (bicyclic) bond motifs is 6. The largest absolute Gasteiger partial charge is 0.309 e. The van der Waals surface area contributed by atoms with Gasteiger partial charge in [0.05, 0.1) is 27.1 Å². The molecule has 27 heavy (non-hydrogen) atoms. The van der Waals surface area contributed by atoms with E-state index in [1.165, 1.54) is 4.90 Å². The number of nitrogens with zero attached hydrogens (tertiary/aromatic N) is 3. The molecule has 0 fully saturated rings. The maximum absolute atomic E-state index is 13.0. The molecule has 0 saturated carbocycles. The van der Waals surface area contributed by atoms with Crippen molar-refractivity contribution < 1.29 is 4.79 Å². The highest BCUT2D eigenvalue weighted by Crippen LogP contribution is 2.39. The molecule has 0 saturated heterocycles. The van der Waals surface area contributed by atoms with Crippen molar-refractivity contribution in [3.05, 3.63) is 59.1 Å². The summed E-state index contributed by atoms with van der Waals surface area (Å²) in [6.07, 6.45) is 0. The molecule has 8 nitrogen and oxygen atoms in total. The Morgan fingerprint density at radius 2 is 1.04 bits per heavy atom. The van der Waals surface area contributed by atoms with Crippen LogP contribution in [0.1, 0.15) is 36.7 Å². The van der Waals surface area contributed by atoms with E-state index in [0.717, 1.165) is 9.13 Å². The van der Waals surface area contributed by atoms with Crippen LogP contribution in [0.25, 0.3) is 27.2 Å². The summed E-state index contributed by atoms with van der Waals surface area (Å²) in [6, 6.07) is 0. The Morgan fingerprint density at radius 1 is 0.630 bits per heavy atom. The molecular formula is C19H17N3O5. The Bertz CT molecular complexity index is 1290. The fourth-order valence-corrected chi connectivity index (χ4v) is 4.13. The first-order chi connectivity index (χ1) is 12.8. The molecular weight excluding hydrogens is 350 g/mol. The van der Waals surface area contributed by atoms with Gasteiger partial charge in [-0.25, -0.2) is 0 Å². The topological polar surface area (TPSA) is 98.5 Å². The zero-order valence-electron chi connectivity index (χ0n) is 15.2. The monoisotopic (exact) mass is 367 g/mol. The summed E-state index contributed by atoms with van der Waals surface area (Å²) < 4.78 is 2.01. The van der Waals surface area contributed by atoms with E-state index in [1.54, 1.807) is 20.8 Å². The van der Waals surface area contributed by atoms with Gasteiger partial charge in [-0.2, -0.15) is 0 Å². The minimum Gasteiger partial charge on any atom is -0.309 e. The van der Waals surface area contributed by atoms with Gasteiger partial charge in [-0.1, -0.05) is 6.58 Å². The lowest BCUT2D eigenvalue weighted by Crippen LogP contribution is -2.25. The van der Waals surface area contributed by atoms with E-state index in [1.807, 2.05) is 0 Å². The molecule has 2 aromatic heterocycles. The zero-order valence-corrected chi connectivity index (χ0v) is 15.2. The van der Waals surface area contributed by atoms with Gasteiger partial charge in [-0.05, 0) is 20.8 Å². The van der Waals surface area contributed by atoms with Crippen LogP contribution in [0.5, 0.6) is 0 Å². The third-order valence-electron chi connectivity index (χ3n) is 5.36. The number of hydrogen-bond donors (Lipinski definition) is 0. The summed E-state index contributed by atoms with van der Waals surface area (Å²) in [5.41, 5.74) is -1.99. The standard InChI is InChI=1S/C19H17N3O5/c1-5-20-8(4)9-10(15(20)23)12-14(19(27)22(7-3)17(12)25)13-11(9)16(24)21(6-2)18(13)26/h4-7H2,1-3H3. The van der Waals surface area contributed by atoms with Crippen molar-refractivity contribution in [2.75, 3.05) is 6.54 Å². The molecule has 1 aliphatic rings. The third kappa shape index (κ3) is 1.75. The predicted octanol–water partition coefficient (Wildman–Crippen LogP) is 0.399. The molecule has 0 radical (unpaired) electrons. The van der Waals surface area contributed by atoms with Gasteiger partial charge in [0, 0.05) is 30.9 Å². The van der Waals surface area contributed by atoms with Crippen LogP contribution in [0, 0.1) is 0 Å². The fraction of sp³-hybridized carbons (Fsp3) is 0.316. The summed E-state index contributed by atoms with van der Waals surface area (Å²) in [7, 11) is 0. The molecule has 3 aromatic rings. The van der Waals surface area contributed by atoms with E-state index in [0.29, 0.717) is 0 Å². The molecule has 138 valence electrons. The van der Waals surface area contributed by atoms with E-state index in [4.69, 9.17) is 0 Å². The van der Waals surface area contributed by atoms with E-state index in [2.05, 4.69) is 6.58 Å². The number of benzene rings is 1. The summed E-state index contributed by atoms with van der Waals surface area (Å²) in [5.74, 6) is -0.481. The van der Waals surface area contributed by atoms with Gasteiger partial charge < -0.3 is 4.90 Å². The SMILES string of the molecule is C=C1c2c(c3c(=O)n(CC)c(=O)c3c3c(=O)n(CC)c(=O)c23)C(=O)N1CC. The van der Waals surface area contributed by atoms with Crippen LogP contribution in [-0.2, 0) is 13.1 Å². The minimum absolute atomic E-state index is 0.00371. The molecule has 1 aromatic carbocycles. The van der Waals surface area contributed by atoms with Crippen LogP contribution in [0.3, 0.4) is 0 Å². The van der Waals surface area contributed by atoms with Gasteiger partial charge in [0.25, 0.3) is 28.1 Å². The second-order valence-corrected chi connectivity index (χ2v) is 6.46. The lowest BCUT2D eigenvalue weighted by Gasteiger charge is -2.13. The molecule has 1 aliphatic heterocycles. The fourth-order valence-electron chi connectivity index (χ4n) is 4.13. The van der Waals surface area contributed by atoms with E-state index in [9.17, 15) is 24.0 Å². The molecule has 1 amide bonds. The molecule has 0 spiro atoms. The van der Waals surface area contributed by atoms with Crippen molar-refractivity contribution in [2.45, 2.75) is 33.9 Å². The first-order valence-electron chi connectivity index (χ1n) is 8.79. The van der Waals surface area contributed by atoms with Gasteiger partial charge in [0.15, 0.2) is 0 Å². The van der Waals surface area contributed by atoms with Crippen molar-refractivity contribution in [2.24, 2.45) is 0 Å². The zero-order chi connectivity index (χ0) is 19.8. The molecule has 0 bridgehead atoms. The van der Waals surface area contributed by atoms with Crippen LogP contribution in [-0.4, -0.2) is 26.5 Å². The van der Waals surface area contributed by atoms with Crippen LogP contribution < -0.4 is 22.2 Å². The average molecular weight is 367 g/mol. The van der Waals surface area contributed by atoms with Gasteiger partial charge in [-0.3, -0.25) is 33.1 Å². The van der Waals surface area contributed by atoms with Crippen LogP contribution in [0.2, 0.25) is 0 Å². The molecule has 0 atom stereocenters. The quantitative estimate of drug-likeness (QED) is 0.667. The summed E-state index contributed by atoms with van der Waals surface area (Å²) in [5, 5.41) is -0.304. The average Bonchev–Trinajstić information content (AvgIpc) is 3.14. The lowest BCUT2D eigenvalue weighted by molar-refractivity contribution is 0.0857. The normalized spacial score (nSPS) is 14.1. The Labute approximate surface area is 152 Å². The molecule has 4 rings (SSSR count). The smallest absolute Gasteiger partial charge is 0.262 e. The Kier molecular flexibility index (Phi) is 3.40. The number of carbonyl (C=O) groups is 1. The number of hydrogen-bond acceptors (Lipinski definition) is 5. The van der Waals surface area contributed by atoms with E-state index >= 15 is 0 Å². The first-order valence-corrected chi connectivity index (χ1v) is 8.79. The second-order valence-electron chi connectivity index (χ2n) is 6.46. The van der Waals surface area contributed by atoms with Gasteiger partial charge in [0.2, 0.25) is 0 Å². The summed E-state index contributed by atoms with van der Waals surface area (Å²) in [6.45, 7) is 9.43. The van der Waals surface area contributed by atoms with Crippen molar-refractivity contribution >= 4 is 33.1 Å². The lowest BCUT2D eigenvalue weighted by atomic mass is 9.97. The van der Waals surface area contributed by atoms with Crippen LogP contribution in [0.4, 0.5) is 0 Å². The Morgan fingerprint density at radius 3 is 1.44 bits per heavy atom. The number of rotatable bonds is 3. The molecule has 0 aliphatic carbocycles. The summed E-state index contributed by atoms with van der Waals surface area (Å²) >= 11 is 0. The van der Waals surface area contributed by atoms with Crippen molar-refractivity contribution in [3.63, 3.8) is 0 Å². The molecule has 3 heterocycles. The number of amides is 1. The van der Waals surface area contributed by atoms with Gasteiger partial charge >= 0.3 is 0 Å². The highest BCUT2D eigenvalue weighted by Gasteiger charge is 2.39. The maximum atomic E-state index is 13.0. The highest BCUT2D eigenvalue weighted by molar-refractivity contribution is 6.26. The van der Waals surface area contributed by atoms with E-state index in [-0.39, 0.29) is 58.0 Å². The third-order valence-corrected chi connectivity index (χ3v) is 5.36. The predicted molar refractivity (Wildman–Crippen MR) is 102 cm³/mol. The van der Waals surface area contributed by atoms with Crippen molar-refractivity contribution in [1.29, 1.82) is 0 Å². The first kappa shape index (κ1) is 17.1. The summed E-state index contributed by atoms with van der Waals surface area (Å²) in [4.78, 5) is 65.8. The van der Waals surface area contributed by atoms with Crippen molar-refractivity contribution in [1.82, 2.24) is 14.0 Å². The number of aromatic nitrogens is 2. The van der Waals surface area contributed by atoms with Gasteiger partial charge in [0.1, 0.15) is 0 Å². The minimum atomic E-state index is -0.649. The molecule has 8 heteroatoms. The Hall–Kier alpha value is -3.29. The van der Waals surface area contributed by atoms with Crippen LogP contribution >= 0.6 is 0 Å². The second kappa shape index (κ2) is 5.35. The maximum Gasteiger partial charge on any atom is 0.262 e. The molecule has 0 N–H and O–H groups in total. The van der Waals surface area contributed by atoms with E-state index < -0.39 is 28.1 Å². The van der Waals surface area contributed by atoms with Gasteiger partial charge in [-0.15, -0.1) is 0 Å².